The average Bonchev–Trinajstić information content (AvgIpc) is 3.16. The first-order valence-corrected chi connectivity index (χ1v) is 8.65. The van der Waals surface area contributed by atoms with E-state index in [1.165, 1.54) is 28.9 Å². The van der Waals surface area contributed by atoms with E-state index >= 15 is 0 Å². The number of amides is 1. The second kappa shape index (κ2) is 7.08. The van der Waals surface area contributed by atoms with E-state index in [4.69, 9.17) is 0 Å². The quantitative estimate of drug-likeness (QED) is 0.509. The molecule has 0 saturated carbocycles. The number of benzene rings is 2. The van der Waals surface area contributed by atoms with Gasteiger partial charge >= 0.3 is 0 Å². The van der Waals surface area contributed by atoms with Crippen molar-refractivity contribution in [2.75, 3.05) is 11.9 Å². The number of carbonyl (C=O) groups is 2. The lowest BCUT2D eigenvalue weighted by atomic mass is 10.1. The molecule has 138 valence electrons. The van der Waals surface area contributed by atoms with Crippen LogP contribution in [0.3, 0.4) is 0 Å². The molecule has 2 aromatic carbocycles. The number of ketones is 1. The highest BCUT2D eigenvalue weighted by Crippen LogP contribution is 2.17. The predicted molar refractivity (Wildman–Crippen MR) is 104 cm³/mol. The van der Waals surface area contributed by atoms with Crippen molar-refractivity contribution in [2.45, 2.75) is 0 Å². The van der Waals surface area contributed by atoms with E-state index in [0.29, 0.717) is 16.8 Å². The summed E-state index contributed by atoms with van der Waals surface area (Å²) in [6, 6.07) is 18.5. The number of aromatic nitrogens is 2. The van der Waals surface area contributed by atoms with Gasteiger partial charge in [-0.1, -0.05) is 30.3 Å². The van der Waals surface area contributed by atoms with Crippen LogP contribution in [0.2, 0.25) is 0 Å². The van der Waals surface area contributed by atoms with Crippen LogP contribution in [0.5, 0.6) is 0 Å². The zero-order valence-electron chi connectivity index (χ0n) is 15.0. The first kappa shape index (κ1) is 17.6. The van der Waals surface area contributed by atoms with E-state index in [2.05, 4.69) is 4.98 Å². The Kier molecular flexibility index (Phi) is 4.45. The molecule has 1 amide bonds. The molecule has 0 saturated heterocycles. The Hall–Kier alpha value is -3.80. The fraction of sp³-hybridized carbons (Fsp3) is 0.0455. The Labute approximate surface area is 160 Å². The third-order valence-corrected chi connectivity index (χ3v) is 4.54. The van der Waals surface area contributed by atoms with E-state index in [9.17, 15) is 14.0 Å². The van der Waals surface area contributed by atoms with Crippen molar-refractivity contribution in [3.05, 3.63) is 102 Å². The fourth-order valence-electron chi connectivity index (χ4n) is 3.00. The number of nitrogens with zero attached hydrogens (tertiary/aromatic N) is 3. The van der Waals surface area contributed by atoms with Gasteiger partial charge in [0.25, 0.3) is 5.91 Å². The lowest BCUT2D eigenvalue weighted by Gasteiger charge is -2.17. The molecule has 0 fully saturated rings. The van der Waals surface area contributed by atoms with E-state index < -0.39 is 5.82 Å². The van der Waals surface area contributed by atoms with E-state index in [1.54, 1.807) is 36.2 Å². The fourth-order valence-corrected chi connectivity index (χ4v) is 3.00. The van der Waals surface area contributed by atoms with Crippen LogP contribution in [-0.2, 0) is 0 Å². The number of carbonyl (C=O) groups excluding carboxylic acids is 2. The SMILES string of the molecule is CN(C(=O)c1ccc(C(=O)c2cnc3ccc(F)cn23)cc1)c1ccccc1. The van der Waals surface area contributed by atoms with Gasteiger partial charge in [0, 0.05) is 30.1 Å². The molecule has 0 bridgehead atoms. The molecule has 4 aromatic rings. The van der Waals surface area contributed by atoms with Crippen molar-refractivity contribution in [3.63, 3.8) is 0 Å². The van der Waals surface area contributed by atoms with E-state index in [-0.39, 0.29) is 17.4 Å². The summed E-state index contributed by atoms with van der Waals surface area (Å²) in [6.07, 6.45) is 2.64. The van der Waals surface area contributed by atoms with Crippen LogP contribution in [-0.4, -0.2) is 28.1 Å². The van der Waals surface area contributed by atoms with Gasteiger partial charge in [0.2, 0.25) is 5.78 Å². The molecule has 0 unspecified atom stereocenters. The van der Waals surface area contributed by atoms with Crippen molar-refractivity contribution in [1.82, 2.24) is 9.38 Å². The molecule has 28 heavy (non-hydrogen) atoms. The zero-order valence-corrected chi connectivity index (χ0v) is 15.0. The third kappa shape index (κ3) is 3.16. The Morgan fingerprint density at radius 2 is 1.61 bits per heavy atom. The van der Waals surface area contributed by atoms with Crippen LogP contribution < -0.4 is 4.90 Å². The summed E-state index contributed by atoms with van der Waals surface area (Å²) in [7, 11) is 1.70. The van der Waals surface area contributed by atoms with Crippen molar-refractivity contribution in [2.24, 2.45) is 0 Å². The average molecular weight is 373 g/mol. The number of hydrogen-bond acceptors (Lipinski definition) is 3. The maximum absolute atomic E-state index is 13.5. The van der Waals surface area contributed by atoms with Crippen LogP contribution >= 0.6 is 0 Å². The summed E-state index contributed by atoms with van der Waals surface area (Å²) in [5.74, 6) is -0.931. The molecule has 6 heteroatoms. The number of imidazole rings is 1. The molecule has 0 aliphatic rings. The van der Waals surface area contributed by atoms with Crippen LogP contribution in [0.4, 0.5) is 10.1 Å². The molecule has 0 aliphatic carbocycles. The van der Waals surface area contributed by atoms with Gasteiger partial charge in [-0.25, -0.2) is 9.37 Å². The monoisotopic (exact) mass is 373 g/mol. The van der Waals surface area contributed by atoms with E-state index in [0.717, 1.165) is 5.69 Å². The number of fused-ring (bicyclic) bond motifs is 1. The van der Waals surface area contributed by atoms with E-state index in [1.807, 2.05) is 30.3 Å². The van der Waals surface area contributed by atoms with Crippen LogP contribution in [0.1, 0.15) is 26.4 Å². The summed E-state index contributed by atoms with van der Waals surface area (Å²) in [5.41, 5.74) is 2.38. The molecular formula is C22H16FN3O2. The van der Waals surface area contributed by atoms with Gasteiger partial charge in [-0.2, -0.15) is 0 Å². The van der Waals surface area contributed by atoms with Gasteiger partial charge in [0.15, 0.2) is 0 Å². The molecule has 4 rings (SSSR count). The lowest BCUT2D eigenvalue weighted by Crippen LogP contribution is -2.26. The van der Waals surface area contributed by atoms with Crippen molar-refractivity contribution in [3.8, 4) is 0 Å². The summed E-state index contributed by atoms with van der Waals surface area (Å²) in [4.78, 5) is 31.1. The van der Waals surface area contributed by atoms with Crippen molar-refractivity contribution < 1.29 is 14.0 Å². The van der Waals surface area contributed by atoms with Gasteiger partial charge in [0.05, 0.1) is 6.20 Å². The lowest BCUT2D eigenvalue weighted by molar-refractivity contribution is 0.0990. The third-order valence-electron chi connectivity index (χ3n) is 4.54. The summed E-state index contributed by atoms with van der Waals surface area (Å²) < 4.78 is 14.9. The largest absolute Gasteiger partial charge is 0.311 e. The topological polar surface area (TPSA) is 54.7 Å². The second-order valence-corrected chi connectivity index (χ2v) is 6.33. The highest BCUT2D eigenvalue weighted by molar-refractivity contribution is 6.10. The van der Waals surface area contributed by atoms with Gasteiger partial charge < -0.3 is 4.90 Å². The number of halogens is 1. The van der Waals surface area contributed by atoms with Gasteiger partial charge in [-0.05, 0) is 36.4 Å². The number of hydrogen-bond donors (Lipinski definition) is 0. The first-order chi connectivity index (χ1) is 13.5. The number of para-hydroxylation sites is 1. The summed E-state index contributed by atoms with van der Waals surface area (Å²) in [6.45, 7) is 0. The number of anilines is 1. The molecule has 2 aromatic heterocycles. The molecule has 0 spiro atoms. The number of rotatable bonds is 4. The Morgan fingerprint density at radius 1 is 0.929 bits per heavy atom. The summed E-state index contributed by atoms with van der Waals surface area (Å²) >= 11 is 0. The van der Waals surface area contributed by atoms with Gasteiger partial charge in [-0.15, -0.1) is 0 Å². The molecule has 0 N–H and O–H groups in total. The van der Waals surface area contributed by atoms with Gasteiger partial charge in [0.1, 0.15) is 17.2 Å². The minimum atomic E-state index is -0.454. The second-order valence-electron chi connectivity index (χ2n) is 6.33. The Morgan fingerprint density at radius 3 is 2.32 bits per heavy atom. The predicted octanol–water partition coefficient (Wildman–Crippen LogP) is 3.98. The van der Waals surface area contributed by atoms with Crippen molar-refractivity contribution >= 4 is 23.0 Å². The van der Waals surface area contributed by atoms with Crippen LogP contribution in [0, 0.1) is 5.82 Å². The number of pyridine rings is 1. The van der Waals surface area contributed by atoms with Crippen LogP contribution in [0.15, 0.2) is 79.1 Å². The van der Waals surface area contributed by atoms with Crippen LogP contribution in [0.25, 0.3) is 5.65 Å². The highest BCUT2D eigenvalue weighted by atomic mass is 19.1. The smallest absolute Gasteiger partial charge is 0.258 e. The van der Waals surface area contributed by atoms with Gasteiger partial charge in [-0.3, -0.25) is 14.0 Å². The van der Waals surface area contributed by atoms with Crippen molar-refractivity contribution in [1.29, 1.82) is 0 Å². The molecule has 5 nitrogen and oxygen atoms in total. The molecule has 0 aliphatic heterocycles. The normalized spacial score (nSPS) is 10.8. The first-order valence-electron chi connectivity index (χ1n) is 8.65. The Bertz CT molecular complexity index is 1170. The molecular weight excluding hydrogens is 357 g/mol. The molecule has 2 heterocycles. The standard InChI is InChI=1S/C22H16FN3O2/c1-25(18-5-3-2-4-6-18)22(28)16-9-7-15(8-10-16)21(27)19-13-24-20-12-11-17(23)14-26(19)20/h2-14H,1H3. The minimum absolute atomic E-state index is 0.179. The highest BCUT2D eigenvalue weighted by Gasteiger charge is 2.17. The minimum Gasteiger partial charge on any atom is -0.311 e. The molecule has 0 atom stereocenters. The Balaban J connectivity index is 1.60. The maximum Gasteiger partial charge on any atom is 0.258 e. The summed E-state index contributed by atoms with van der Waals surface area (Å²) in [5, 5.41) is 0. The zero-order chi connectivity index (χ0) is 19.7. The molecule has 0 radical (unpaired) electrons. The maximum atomic E-state index is 13.5.